The topological polar surface area (TPSA) is 80.2 Å². The number of rotatable bonds is 3. The molecule has 2 rings (SSSR count). The standard InChI is InChI=1S/C22H27N3O4/c1-5-11-20-23-16(2)17-12-8-9-13-18(17)21(26)24-19(22(27)25(3)28-4)14-7-6-10-15-29-20/h5-9,11-13,19H,1,10,14-15H2,2-4H3,(H,24,26)/b7-6+,20-11+,23-16+. The Kier molecular flexibility index (Phi) is 8.36. The number of fused-ring (bicyclic) bond motifs is 1. The van der Waals surface area contributed by atoms with E-state index in [1.165, 1.54) is 14.2 Å². The van der Waals surface area contributed by atoms with E-state index in [2.05, 4.69) is 16.9 Å². The van der Waals surface area contributed by atoms with Crippen LogP contribution in [0.1, 0.15) is 35.7 Å². The number of hydroxylamine groups is 2. The number of nitrogens with zero attached hydrogens (tertiary/aromatic N) is 2. The summed E-state index contributed by atoms with van der Waals surface area (Å²) >= 11 is 0. The SMILES string of the molecule is C=C/C=C1\N=C(/C)c2ccccc2C(=O)NC(C(=O)N(C)OC)C/C=C/CCO1. The fourth-order valence-corrected chi connectivity index (χ4v) is 2.79. The highest BCUT2D eigenvalue weighted by molar-refractivity contribution is 6.10. The zero-order valence-corrected chi connectivity index (χ0v) is 17.1. The van der Waals surface area contributed by atoms with Crippen LogP contribution in [0.3, 0.4) is 0 Å². The van der Waals surface area contributed by atoms with E-state index < -0.39 is 6.04 Å². The van der Waals surface area contributed by atoms with E-state index >= 15 is 0 Å². The van der Waals surface area contributed by atoms with Crippen molar-refractivity contribution in [1.29, 1.82) is 0 Å². The van der Waals surface area contributed by atoms with Crippen LogP contribution in [0, 0.1) is 0 Å². The predicted octanol–water partition coefficient (Wildman–Crippen LogP) is 3.01. The van der Waals surface area contributed by atoms with Crippen molar-refractivity contribution in [2.45, 2.75) is 25.8 Å². The number of nitrogens with one attached hydrogen (secondary N) is 1. The van der Waals surface area contributed by atoms with E-state index in [1.54, 1.807) is 31.2 Å². The van der Waals surface area contributed by atoms with Crippen molar-refractivity contribution >= 4 is 17.5 Å². The minimum atomic E-state index is -0.755. The lowest BCUT2D eigenvalue weighted by Crippen LogP contribution is -2.47. The van der Waals surface area contributed by atoms with Gasteiger partial charge in [-0.2, -0.15) is 0 Å². The first-order valence-corrected chi connectivity index (χ1v) is 9.35. The van der Waals surface area contributed by atoms with Gasteiger partial charge in [0.2, 0.25) is 5.88 Å². The summed E-state index contributed by atoms with van der Waals surface area (Å²) in [6, 6.07) is 6.35. The Morgan fingerprint density at radius 3 is 2.76 bits per heavy atom. The highest BCUT2D eigenvalue weighted by Gasteiger charge is 2.25. The average Bonchev–Trinajstić information content (AvgIpc) is 2.73. The molecule has 0 bridgehead atoms. The van der Waals surface area contributed by atoms with Gasteiger partial charge in [-0.25, -0.2) is 10.1 Å². The van der Waals surface area contributed by atoms with Crippen LogP contribution in [0.25, 0.3) is 0 Å². The molecule has 1 aromatic rings. The molecule has 0 spiro atoms. The number of carbonyl (C=O) groups is 2. The molecule has 1 aliphatic heterocycles. The van der Waals surface area contributed by atoms with Crippen molar-refractivity contribution in [2.75, 3.05) is 20.8 Å². The fourth-order valence-electron chi connectivity index (χ4n) is 2.79. The van der Waals surface area contributed by atoms with Gasteiger partial charge >= 0.3 is 0 Å². The first-order valence-electron chi connectivity index (χ1n) is 9.35. The van der Waals surface area contributed by atoms with Gasteiger partial charge in [0.15, 0.2) is 0 Å². The molecule has 1 unspecified atom stereocenters. The average molecular weight is 397 g/mol. The lowest BCUT2D eigenvalue weighted by Gasteiger charge is -2.22. The molecule has 0 radical (unpaired) electrons. The van der Waals surface area contributed by atoms with E-state index in [9.17, 15) is 9.59 Å². The number of hydrogen-bond donors (Lipinski definition) is 1. The lowest BCUT2D eigenvalue weighted by molar-refractivity contribution is -0.170. The molecule has 29 heavy (non-hydrogen) atoms. The third-order valence-electron chi connectivity index (χ3n) is 4.36. The summed E-state index contributed by atoms with van der Waals surface area (Å²) in [6.07, 6.45) is 8.00. The van der Waals surface area contributed by atoms with E-state index in [0.29, 0.717) is 42.2 Å². The maximum Gasteiger partial charge on any atom is 0.268 e. The molecule has 2 amide bonds. The minimum Gasteiger partial charge on any atom is -0.477 e. The quantitative estimate of drug-likeness (QED) is 0.628. The number of carbonyl (C=O) groups excluding carboxylic acids is 2. The van der Waals surface area contributed by atoms with Crippen LogP contribution in [0.4, 0.5) is 0 Å². The Hall–Kier alpha value is -3.19. The summed E-state index contributed by atoms with van der Waals surface area (Å²) in [5, 5.41) is 3.93. The van der Waals surface area contributed by atoms with Crippen LogP contribution in [0.15, 0.2) is 66.0 Å². The molecule has 1 aromatic carbocycles. The van der Waals surface area contributed by atoms with Gasteiger partial charge in [0.25, 0.3) is 11.8 Å². The van der Waals surface area contributed by atoms with Crippen molar-refractivity contribution in [3.63, 3.8) is 0 Å². The summed E-state index contributed by atoms with van der Waals surface area (Å²) in [6.45, 7) is 5.92. The Morgan fingerprint density at radius 2 is 2.07 bits per heavy atom. The number of likely N-dealkylation sites (N-methyl/N-ethyl adjacent to an activating group) is 1. The molecule has 1 aliphatic rings. The molecule has 0 saturated carbocycles. The van der Waals surface area contributed by atoms with E-state index in [4.69, 9.17) is 9.57 Å². The smallest absolute Gasteiger partial charge is 0.268 e. The Labute approximate surface area is 171 Å². The van der Waals surface area contributed by atoms with Crippen molar-refractivity contribution in [1.82, 2.24) is 10.4 Å². The first kappa shape index (κ1) is 22.1. The molecule has 0 aliphatic carbocycles. The van der Waals surface area contributed by atoms with E-state index in [0.717, 1.165) is 5.06 Å². The van der Waals surface area contributed by atoms with Gasteiger partial charge in [-0.05, 0) is 31.9 Å². The number of benzene rings is 1. The largest absolute Gasteiger partial charge is 0.477 e. The molecule has 0 fully saturated rings. The van der Waals surface area contributed by atoms with Gasteiger partial charge in [0.1, 0.15) is 6.04 Å². The molecule has 1 heterocycles. The normalized spacial score (nSPS) is 22.2. The highest BCUT2D eigenvalue weighted by Crippen LogP contribution is 2.15. The van der Waals surface area contributed by atoms with Crippen molar-refractivity contribution < 1.29 is 19.2 Å². The van der Waals surface area contributed by atoms with Gasteiger partial charge in [0.05, 0.1) is 13.7 Å². The van der Waals surface area contributed by atoms with Gasteiger partial charge in [-0.3, -0.25) is 14.4 Å². The van der Waals surface area contributed by atoms with Gasteiger partial charge < -0.3 is 10.1 Å². The zero-order chi connectivity index (χ0) is 21.2. The zero-order valence-electron chi connectivity index (χ0n) is 17.1. The summed E-state index contributed by atoms with van der Waals surface area (Å²) in [5.41, 5.74) is 1.70. The summed E-state index contributed by atoms with van der Waals surface area (Å²) in [7, 11) is 2.91. The summed E-state index contributed by atoms with van der Waals surface area (Å²) in [4.78, 5) is 35.1. The maximum atomic E-state index is 13.0. The third kappa shape index (κ3) is 6.15. The molecule has 7 nitrogen and oxygen atoms in total. The number of allylic oxidation sites excluding steroid dienone is 2. The van der Waals surface area contributed by atoms with Gasteiger partial charge in [0, 0.05) is 23.9 Å². The minimum absolute atomic E-state index is 0.336. The second kappa shape index (κ2) is 11.0. The second-order valence-corrected chi connectivity index (χ2v) is 6.37. The van der Waals surface area contributed by atoms with E-state index in [1.807, 2.05) is 24.3 Å². The third-order valence-corrected chi connectivity index (χ3v) is 4.36. The highest BCUT2D eigenvalue weighted by atomic mass is 16.7. The monoisotopic (exact) mass is 397 g/mol. The van der Waals surface area contributed by atoms with Crippen LogP contribution < -0.4 is 5.32 Å². The number of hydrogen-bond acceptors (Lipinski definition) is 5. The maximum absolute atomic E-state index is 13.0. The van der Waals surface area contributed by atoms with Gasteiger partial charge in [-0.15, -0.1) is 0 Å². The predicted molar refractivity (Wildman–Crippen MR) is 112 cm³/mol. The van der Waals surface area contributed by atoms with Crippen molar-refractivity contribution in [3.8, 4) is 0 Å². The molecular formula is C22H27N3O4. The van der Waals surface area contributed by atoms with Crippen LogP contribution in [0.2, 0.25) is 0 Å². The summed E-state index contributed by atoms with van der Waals surface area (Å²) < 4.78 is 5.72. The summed E-state index contributed by atoms with van der Waals surface area (Å²) in [5.74, 6) is -0.278. The van der Waals surface area contributed by atoms with Crippen LogP contribution in [-0.4, -0.2) is 49.4 Å². The van der Waals surface area contributed by atoms with Crippen molar-refractivity contribution in [3.05, 3.63) is 72.2 Å². The van der Waals surface area contributed by atoms with Crippen LogP contribution in [0.5, 0.6) is 0 Å². The molecular weight excluding hydrogens is 370 g/mol. The molecule has 0 aromatic heterocycles. The van der Waals surface area contributed by atoms with Crippen molar-refractivity contribution in [2.24, 2.45) is 4.99 Å². The molecule has 1 atom stereocenters. The fraction of sp³-hybridized carbons (Fsp3) is 0.318. The lowest BCUT2D eigenvalue weighted by atomic mass is 10.0. The van der Waals surface area contributed by atoms with Crippen LogP contribution >= 0.6 is 0 Å². The number of amides is 2. The second-order valence-electron chi connectivity index (χ2n) is 6.37. The Balaban J connectivity index is 2.45. The first-order chi connectivity index (χ1) is 14.0. The Bertz CT molecular complexity index is 842. The van der Waals surface area contributed by atoms with Crippen LogP contribution in [-0.2, 0) is 14.4 Å². The molecule has 154 valence electrons. The molecule has 7 heteroatoms. The molecule has 0 saturated heterocycles. The number of ether oxygens (including phenoxy) is 1. The van der Waals surface area contributed by atoms with Gasteiger partial charge in [-0.1, -0.05) is 43.0 Å². The molecule has 1 N–H and O–H groups in total. The number of aliphatic imine (C=N–C) groups is 1. The van der Waals surface area contributed by atoms with E-state index in [-0.39, 0.29) is 11.8 Å². The Morgan fingerprint density at radius 1 is 1.34 bits per heavy atom.